The van der Waals surface area contributed by atoms with Gasteiger partial charge in [0.2, 0.25) is 3.79 Å². The third-order valence-electron chi connectivity index (χ3n) is 7.01. The Kier molecular flexibility index (Phi) is 8.56. The third kappa shape index (κ3) is 6.79. The zero-order valence-corrected chi connectivity index (χ0v) is 26.7. The van der Waals surface area contributed by atoms with Crippen molar-refractivity contribution >= 4 is 70.9 Å². The van der Waals surface area contributed by atoms with Gasteiger partial charge in [0, 0.05) is 12.6 Å². The van der Waals surface area contributed by atoms with Crippen molar-refractivity contribution in [2.45, 2.75) is 75.2 Å². The van der Waals surface area contributed by atoms with Crippen LogP contribution in [0.15, 0.2) is 24.1 Å². The summed E-state index contributed by atoms with van der Waals surface area (Å²) >= 11 is 17.6. The SMILES string of the molecule is Cc1cc2c(cc1C)N(C(=O)OCC(Cl)(Cl)Cl)[C@@H](O[Si](C)(C)C(C)(C)C)[C@@H]1CC(OS(C)(=O)=O)=CN1C2=O. The van der Waals surface area contributed by atoms with E-state index in [1.165, 1.54) is 16.0 Å². The summed E-state index contributed by atoms with van der Waals surface area (Å²) in [5.41, 5.74) is 2.15. The molecule has 9 nitrogen and oxygen atoms in total. The lowest BCUT2D eigenvalue weighted by atomic mass is 10.0. The number of fused-ring (bicyclic) bond motifs is 2. The second-order valence-corrected chi connectivity index (χ2v) is 20.0. The molecule has 0 spiro atoms. The molecule has 2 aliphatic heterocycles. The highest BCUT2D eigenvalue weighted by Gasteiger charge is 2.51. The number of amides is 2. The first-order valence-corrected chi connectivity index (χ1v) is 17.7. The molecule has 14 heteroatoms. The van der Waals surface area contributed by atoms with Crippen molar-refractivity contribution in [1.29, 1.82) is 0 Å². The lowest BCUT2D eigenvalue weighted by Crippen LogP contribution is -2.58. The number of benzene rings is 1. The van der Waals surface area contributed by atoms with Crippen LogP contribution >= 0.6 is 34.8 Å². The molecule has 2 heterocycles. The molecule has 212 valence electrons. The summed E-state index contributed by atoms with van der Waals surface area (Å²) in [6, 6.07) is 2.58. The zero-order chi connectivity index (χ0) is 29.0. The number of carbonyl (C=O) groups is 2. The Morgan fingerprint density at radius 2 is 1.71 bits per heavy atom. The van der Waals surface area contributed by atoms with Crippen molar-refractivity contribution < 1.29 is 31.4 Å². The maximum Gasteiger partial charge on any atom is 0.416 e. The first-order chi connectivity index (χ1) is 17.1. The molecule has 1 aromatic carbocycles. The van der Waals surface area contributed by atoms with Gasteiger partial charge in [-0.2, -0.15) is 8.42 Å². The molecule has 0 unspecified atom stereocenters. The summed E-state index contributed by atoms with van der Waals surface area (Å²) in [6.07, 6.45) is 0.313. The van der Waals surface area contributed by atoms with E-state index in [0.29, 0.717) is 0 Å². The maximum atomic E-state index is 13.9. The van der Waals surface area contributed by atoms with Crippen LogP contribution in [0.3, 0.4) is 0 Å². The topological polar surface area (TPSA) is 102 Å². The normalized spacial score (nSPS) is 20.5. The highest BCUT2D eigenvalue weighted by molar-refractivity contribution is 7.86. The minimum Gasteiger partial charge on any atom is -0.445 e. The lowest BCUT2D eigenvalue weighted by Gasteiger charge is -2.44. The van der Waals surface area contributed by atoms with E-state index in [-0.39, 0.29) is 28.5 Å². The molecule has 0 aromatic heterocycles. The average Bonchev–Trinajstić information content (AvgIpc) is 3.10. The predicted octanol–water partition coefficient (Wildman–Crippen LogP) is 6.01. The maximum absolute atomic E-state index is 13.9. The van der Waals surface area contributed by atoms with E-state index < -0.39 is 53.1 Å². The second-order valence-electron chi connectivity index (χ2n) is 11.1. The summed E-state index contributed by atoms with van der Waals surface area (Å²) < 4.78 is 39.3. The largest absolute Gasteiger partial charge is 0.445 e. The van der Waals surface area contributed by atoms with Gasteiger partial charge in [-0.3, -0.25) is 4.79 Å². The van der Waals surface area contributed by atoms with Gasteiger partial charge in [0.05, 0.1) is 23.5 Å². The van der Waals surface area contributed by atoms with Gasteiger partial charge in [-0.05, 0) is 55.2 Å². The summed E-state index contributed by atoms with van der Waals surface area (Å²) in [6.45, 7) is 13.3. The molecule has 0 saturated heterocycles. The van der Waals surface area contributed by atoms with Crippen molar-refractivity contribution in [3.8, 4) is 0 Å². The number of carbonyl (C=O) groups excluding carboxylic acids is 2. The number of halogens is 3. The first-order valence-electron chi connectivity index (χ1n) is 11.9. The lowest BCUT2D eigenvalue weighted by molar-refractivity contribution is 0.0580. The van der Waals surface area contributed by atoms with Gasteiger partial charge in [0.15, 0.2) is 14.5 Å². The molecule has 0 radical (unpaired) electrons. The molecule has 0 bridgehead atoms. The number of anilines is 1. The van der Waals surface area contributed by atoms with Gasteiger partial charge < -0.3 is 18.2 Å². The average molecular weight is 628 g/mol. The first kappa shape index (κ1) is 31.0. The van der Waals surface area contributed by atoms with Crippen LogP contribution in [0.4, 0.5) is 10.5 Å². The Morgan fingerprint density at radius 3 is 2.24 bits per heavy atom. The van der Waals surface area contributed by atoms with Gasteiger partial charge in [-0.15, -0.1) is 0 Å². The molecule has 3 rings (SSSR count). The molecule has 2 atom stereocenters. The molecular weight excluding hydrogens is 595 g/mol. The number of alkyl halides is 3. The van der Waals surface area contributed by atoms with E-state index in [0.717, 1.165) is 17.4 Å². The predicted molar refractivity (Wildman–Crippen MR) is 151 cm³/mol. The van der Waals surface area contributed by atoms with E-state index >= 15 is 0 Å². The number of rotatable bonds is 5. The van der Waals surface area contributed by atoms with Crippen LogP contribution in [-0.2, 0) is 23.5 Å². The minimum absolute atomic E-state index is 0.0156. The molecule has 38 heavy (non-hydrogen) atoms. The highest BCUT2D eigenvalue weighted by Crippen LogP contribution is 2.44. The smallest absolute Gasteiger partial charge is 0.416 e. The Labute approximate surface area is 240 Å². The number of hydrogen-bond acceptors (Lipinski definition) is 7. The summed E-state index contributed by atoms with van der Waals surface area (Å²) in [5, 5.41) is -0.272. The van der Waals surface area contributed by atoms with E-state index in [2.05, 4.69) is 0 Å². The number of ether oxygens (including phenoxy) is 1. The highest BCUT2D eigenvalue weighted by atomic mass is 35.6. The molecule has 2 amide bonds. The molecule has 1 aromatic rings. The standard InChI is InChI=1S/C24H33Cl3N2O7SSi/c1-14-9-17-18(10-15(14)2)29(22(31)34-13-24(25,26)27)21(36-38(7,8)23(3,4)5)19-11-16(35-37(6,32)33)12-28(19)20(17)30/h9-10,12,19,21H,11,13H2,1-8H3/t19-,21-/m0/s1. The monoisotopic (exact) mass is 626 g/mol. The van der Waals surface area contributed by atoms with Gasteiger partial charge in [0.1, 0.15) is 12.4 Å². The Bertz CT molecular complexity index is 1270. The number of hydrogen-bond donors (Lipinski definition) is 0. The van der Waals surface area contributed by atoms with Crippen LogP contribution in [-0.4, -0.2) is 62.6 Å². The molecule has 0 aliphatic carbocycles. The molecule has 0 N–H and O–H groups in total. The van der Waals surface area contributed by atoms with E-state index in [1.807, 2.05) is 47.7 Å². The summed E-state index contributed by atoms with van der Waals surface area (Å²) in [7, 11) is -6.47. The number of aryl methyl sites for hydroxylation is 2. The molecular formula is C24H33Cl3N2O7SSi. The molecule has 0 saturated carbocycles. The fourth-order valence-electron chi connectivity index (χ4n) is 3.95. The van der Waals surface area contributed by atoms with Crippen LogP contribution in [0, 0.1) is 13.8 Å². The number of nitrogens with zero attached hydrogens (tertiary/aromatic N) is 2. The summed E-state index contributed by atoms with van der Waals surface area (Å²) in [4.78, 5) is 30.2. The Hall–Kier alpha value is -1.50. The van der Waals surface area contributed by atoms with Crippen LogP contribution in [0.25, 0.3) is 0 Å². The van der Waals surface area contributed by atoms with Crippen LogP contribution in [0.1, 0.15) is 48.7 Å². The van der Waals surface area contributed by atoms with Crippen molar-refractivity contribution in [1.82, 2.24) is 4.90 Å². The fourth-order valence-corrected chi connectivity index (χ4v) is 5.83. The zero-order valence-electron chi connectivity index (χ0n) is 22.6. The van der Waals surface area contributed by atoms with E-state index in [1.54, 1.807) is 12.1 Å². The summed E-state index contributed by atoms with van der Waals surface area (Å²) in [5.74, 6) is -0.391. The Morgan fingerprint density at radius 1 is 1.13 bits per heavy atom. The second kappa shape index (κ2) is 10.5. The van der Waals surface area contributed by atoms with Crippen LogP contribution < -0.4 is 4.90 Å². The Balaban J connectivity index is 2.25. The van der Waals surface area contributed by atoms with Crippen molar-refractivity contribution in [2.75, 3.05) is 17.8 Å². The van der Waals surface area contributed by atoms with Crippen LogP contribution in [0.5, 0.6) is 0 Å². The van der Waals surface area contributed by atoms with Crippen molar-refractivity contribution in [3.63, 3.8) is 0 Å². The van der Waals surface area contributed by atoms with Gasteiger partial charge in [0.25, 0.3) is 5.91 Å². The van der Waals surface area contributed by atoms with E-state index in [9.17, 15) is 18.0 Å². The minimum atomic E-state index is -3.87. The quantitative estimate of drug-likeness (QED) is 0.224. The molecule has 0 fully saturated rings. The van der Waals surface area contributed by atoms with Crippen molar-refractivity contribution in [3.05, 3.63) is 40.8 Å². The fraction of sp³-hybridized carbons (Fsp3) is 0.583. The van der Waals surface area contributed by atoms with E-state index in [4.69, 9.17) is 48.1 Å². The van der Waals surface area contributed by atoms with Gasteiger partial charge in [-0.1, -0.05) is 55.6 Å². The third-order valence-corrected chi connectivity index (χ3v) is 12.3. The van der Waals surface area contributed by atoms with Crippen molar-refractivity contribution in [2.24, 2.45) is 0 Å². The van der Waals surface area contributed by atoms with Gasteiger partial charge >= 0.3 is 16.2 Å². The molecule has 2 aliphatic rings. The van der Waals surface area contributed by atoms with Crippen LogP contribution in [0.2, 0.25) is 18.1 Å². The van der Waals surface area contributed by atoms with Gasteiger partial charge in [-0.25, -0.2) is 9.69 Å².